The molecule has 0 atom stereocenters. The van der Waals surface area contributed by atoms with Crippen molar-refractivity contribution in [2.24, 2.45) is 0 Å². The summed E-state index contributed by atoms with van der Waals surface area (Å²) in [6.45, 7) is 11.1. The maximum absolute atomic E-state index is 13.7. The Morgan fingerprint density at radius 1 is 0.368 bits per heavy atom. The molecule has 0 aliphatic rings. The van der Waals surface area contributed by atoms with E-state index in [0.717, 1.165) is 0 Å². The van der Waals surface area contributed by atoms with E-state index in [0.29, 0.717) is 130 Å². The highest BCUT2D eigenvalue weighted by atomic mass is 16.6. The molecule has 0 unspecified atom stereocenters. The molecule has 22 nitrogen and oxygen atoms in total. The molecule has 0 aromatic heterocycles. The Kier molecular flexibility index (Phi) is 36.5. The minimum Gasteiger partial charge on any atom is -0.487 e. The Balaban J connectivity index is 1.83. The van der Waals surface area contributed by atoms with Crippen LogP contribution in [0.25, 0.3) is 6.08 Å². The zero-order valence-electron chi connectivity index (χ0n) is 45.2. The number of carbonyl (C=O) groups is 2. The monoisotopic (exact) mass is 1080 g/mol. The second-order valence-corrected chi connectivity index (χ2v) is 15.7. The SMILES string of the molecule is C=Cc1cc(C(=O)OCc2cc(OCCOCCOC)c(OCCOCCOC)c(OCCOCCOC)c2)ccc1C(=O)OCc1cc(OCCOCCOC)c(OCCOCCOC)c(OCCOCCOC)c1. The summed E-state index contributed by atoms with van der Waals surface area (Å²) in [6.07, 6.45) is 1.45. The van der Waals surface area contributed by atoms with Gasteiger partial charge in [-0.2, -0.15) is 0 Å². The molecular weight excluding hydrogens is 1000 g/mol. The average Bonchev–Trinajstić information content (AvgIpc) is 3.43. The number of esters is 2. The molecule has 0 saturated carbocycles. The Morgan fingerprint density at radius 2 is 0.658 bits per heavy atom. The first-order valence-electron chi connectivity index (χ1n) is 24.9. The number of carbonyl (C=O) groups excluding carboxylic acids is 2. The van der Waals surface area contributed by atoms with Gasteiger partial charge in [-0.05, 0) is 59.2 Å². The fourth-order valence-electron chi connectivity index (χ4n) is 6.36. The number of rotatable bonds is 49. The van der Waals surface area contributed by atoms with Crippen LogP contribution in [0.1, 0.15) is 37.4 Å². The fourth-order valence-corrected chi connectivity index (χ4v) is 6.36. The Morgan fingerprint density at radius 3 is 0.961 bits per heavy atom. The van der Waals surface area contributed by atoms with Gasteiger partial charge in [0, 0.05) is 42.7 Å². The van der Waals surface area contributed by atoms with E-state index in [2.05, 4.69) is 6.58 Å². The zero-order valence-corrected chi connectivity index (χ0v) is 45.2. The maximum atomic E-state index is 13.7. The van der Waals surface area contributed by atoms with Gasteiger partial charge in [0.15, 0.2) is 23.0 Å². The van der Waals surface area contributed by atoms with Crippen molar-refractivity contribution in [3.8, 4) is 34.5 Å². The van der Waals surface area contributed by atoms with Gasteiger partial charge in [-0.25, -0.2) is 9.59 Å². The highest BCUT2D eigenvalue weighted by Gasteiger charge is 2.21. The topological polar surface area (TPSA) is 219 Å². The Bertz CT molecular complexity index is 1940. The molecule has 0 N–H and O–H groups in total. The highest BCUT2D eigenvalue weighted by Crippen LogP contribution is 2.41. The van der Waals surface area contributed by atoms with Crippen molar-refractivity contribution in [2.75, 3.05) is 201 Å². The van der Waals surface area contributed by atoms with Crippen LogP contribution in [0.2, 0.25) is 0 Å². The van der Waals surface area contributed by atoms with Crippen molar-refractivity contribution >= 4 is 18.0 Å². The minimum absolute atomic E-state index is 0.162. The van der Waals surface area contributed by atoms with E-state index < -0.39 is 11.9 Å². The molecule has 0 heterocycles. The molecule has 3 aromatic carbocycles. The van der Waals surface area contributed by atoms with Crippen LogP contribution in [0.3, 0.4) is 0 Å². The summed E-state index contributed by atoms with van der Waals surface area (Å²) in [7, 11) is 9.56. The van der Waals surface area contributed by atoms with Crippen molar-refractivity contribution in [3.63, 3.8) is 0 Å². The Labute approximate surface area is 447 Å². The van der Waals surface area contributed by atoms with E-state index in [1.54, 1.807) is 66.9 Å². The van der Waals surface area contributed by atoms with Crippen LogP contribution in [0.5, 0.6) is 34.5 Å². The van der Waals surface area contributed by atoms with Gasteiger partial charge in [0.25, 0.3) is 0 Å². The van der Waals surface area contributed by atoms with Crippen molar-refractivity contribution < 1.29 is 104 Å². The molecule has 0 bridgehead atoms. The van der Waals surface area contributed by atoms with E-state index in [4.69, 9.17) is 94.7 Å². The number of benzene rings is 3. The van der Waals surface area contributed by atoms with Gasteiger partial charge in [-0.1, -0.05) is 12.7 Å². The van der Waals surface area contributed by atoms with Crippen LogP contribution < -0.4 is 28.4 Å². The van der Waals surface area contributed by atoms with Crippen LogP contribution in [-0.4, -0.2) is 213 Å². The molecule has 76 heavy (non-hydrogen) atoms. The first-order chi connectivity index (χ1) is 37.3. The third-order valence-corrected chi connectivity index (χ3v) is 10.1. The third-order valence-electron chi connectivity index (χ3n) is 10.1. The first-order valence-corrected chi connectivity index (χ1v) is 24.9. The molecule has 0 aliphatic heterocycles. The molecule has 0 radical (unpaired) electrons. The Hall–Kier alpha value is -5.34. The van der Waals surface area contributed by atoms with Gasteiger partial charge in [-0.3, -0.25) is 0 Å². The lowest BCUT2D eigenvalue weighted by molar-refractivity contribution is 0.0447. The molecule has 428 valence electrons. The quantitative estimate of drug-likeness (QED) is 0.0518. The average molecular weight is 1080 g/mol. The third kappa shape index (κ3) is 27.1. The smallest absolute Gasteiger partial charge is 0.339 e. The molecule has 0 aliphatic carbocycles. The minimum atomic E-state index is -0.677. The van der Waals surface area contributed by atoms with Crippen LogP contribution in [0.15, 0.2) is 49.0 Å². The van der Waals surface area contributed by atoms with Crippen molar-refractivity contribution in [2.45, 2.75) is 13.2 Å². The summed E-state index contributed by atoms with van der Waals surface area (Å²) in [5.41, 5.74) is 1.73. The molecule has 0 spiro atoms. The van der Waals surface area contributed by atoms with E-state index >= 15 is 0 Å². The zero-order chi connectivity index (χ0) is 54.7. The second kappa shape index (κ2) is 42.7. The van der Waals surface area contributed by atoms with Crippen LogP contribution in [0.4, 0.5) is 0 Å². The van der Waals surface area contributed by atoms with E-state index in [1.165, 1.54) is 24.3 Å². The van der Waals surface area contributed by atoms with Crippen LogP contribution in [-0.2, 0) is 79.5 Å². The van der Waals surface area contributed by atoms with Crippen molar-refractivity contribution in [1.82, 2.24) is 0 Å². The van der Waals surface area contributed by atoms with E-state index in [-0.39, 0.29) is 104 Å². The fraction of sp³-hybridized carbons (Fsp3) is 0.593. The number of ether oxygens (including phenoxy) is 20. The standard InChI is InChI=1S/C54H80O22/c1-8-44-39-45(53(55)75-40-42-35-47(69-29-23-63-17-11-57-2)51(73-33-27-67-21-15-61-6)48(36-42)70-30-24-64-18-12-58-3)9-10-46(44)54(56)76-41-43-37-49(71-31-25-65-19-13-59-4)52(74-34-28-68-22-16-62-7)50(38-43)72-32-26-66-20-14-60-5/h8-10,35-39H,1,11-34,40-41H2,2-7H3. The number of hydrogen-bond acceptors (Lipinski definition) is 22. The first kappa shape index (κ1) is 64.9. The maximum Gasteiger partial charge on any atom is 0.339 e. The molecule has 3 rings (SSSR count). The summed E-state index contributed by atoms with van der Waals surface area (Å²) >= 11 is 0. The predicted molar refractivity (Wildman–Crippen MR) is 277 cm³/mol. The molecule has 3 aromatic rings. The molecule has 0 saturated heterocycles. The summed E-state index contributed by atoms with van der Waals surface area (Å²) < 4.78 is 113. The van der Waals surface area contributed by atoms with Gasteiger partial charge in [0.1, 0.15) is 52.9 Å². The number of hydrogen-bond donors (Lipinski definition) is 0. The highest BCUT2D eigenvalue weighted by molar-refractivity contribution is 5.97. The summed E-state index contributed by atoms with van der Waals surface area (Å²) in [5, 5.41) is 0. The lowest BCUT2D eigenvalue weighted by Gasteiger charge is -2.19. The van der Waals surface area contributed by atoms with Gasteiger partial charge < -0.3 is 94.7 Å². The summed E-state index contributed by atoms with van der Waals surface area (Å²) in [6, 6.07) is 11.2. The normalized spacial score (nSPS) is 11.1. The summed E-state index contributed by atoms with van der Waals surface area (Å²) in [5.74, 6) is 0.605. The number of methoxy groups -OCH3 is 6. The van der Waals surface area contributed by atoms with E-state index in [9.17, 15) is 9.59 Å². The molecular formula is C54H80O22. The van der Waals surface area contributed by atoms with Crippen molar-refractivity contribution in [1.29, 1.82) is 0 Å². The van der Waals surface area contributed by atoms with Gasteiger partial charge in [0.2, 0.25) is 11.5 Å². The van der Waals surface area contributed by atoms with Gasteiger partial charge in [-0.15, -0.1) is 0 Å². The molecule has 0 amide bonds. The molecule has 0 fully saturated rings. The van der Waals surface area contributed by atoms with Gasteiger partial charge in [0.05, 0.1) is 130 Å². The largest absolute Gasteiger partial charge is 0.487 e. The van der Waals surface area contributed by atoms with Crippen molar-refractivity contribution in [3.05, 3.63) is 76.9 Å². The lowest BCUT2D eigenvalue weighted by Crippen LogP contribution is -2.15. The molecule has 22 heteroatoms. The lowest BCUT2D eigenvalue weighted by atomic mass is 10.0. The van der Waals surface area contributed by atoms with Crippen LogP contribution in [0, 0.1) is 0 Å². The van der Waals surface area contributed by atoms with Crippen LogP contribution >= 0.6 is 0 Å². The van der Waals surface area contributed by atoms with E-state index in [1.807, 2.05) is 0 Å². The predicted octanol–water partition coefficient (Wildman–Crippen LogP) is 5.29. The summed E-state index contributed by atoms with van der Waals surface area (Å²) in [4.78, 5) is 27.4. The second-order valence-electron chi connectivity index (χ2n) is 15.7. The van der Waals surface area contributed by atoms with Gasteiger partial charge >= 0.3 is 11.9 Å².